The van der Waals surface area contributed by atoms with Crippen molar-refractivity contribution in [2.75, 3.05) is 6.61 Å². The van der Waals surface area contributed by atoms with Crippen molar-refractivity contribution < 1.29 is 19.1 Å². The van der Waals surface area contributed by atoms with Gasteiger partial charge in [-0.05, 0) is 23.8 Å². The summed E-state index contributed by atoms with van der Waals surface area (Å²) in [5.74, 6) is -2.00. The van der Waals surface area contributed by atoms with E-state index in [0.29, 0.717) is 5.02 Å². The number of hydrogen-bond acceptors (Lipinski definition) is 4. The highest BCUT2D eigenvalue weighted by atomic mass is 35.5. The predicted molar refractivity (Wildman–Crippen MR) is 90.0 cm³/mol. The smallest absolute Gasteiger partial charge is 0.340 e. The molecule has 24 heavy (non-hydrogen) atoms. The number of carbonyl (C=O) groups excluding carboxylic acids is 3. The van der Waals surface area contributed by atoms with Crippen LogP contribution < -0.4 is 5.32 Å². The second-order valence-electron chi connectivity index (χ2n) is 4.83. The molecule has 1 N–H and O–H groups in total. The summed E-state index contributed by atoms with van der Waals surface area (Å²) < 4.78 is 4.83. The van der Waals surface area contributed by atoms with E-state index in [-0.39, 0.29) is 17.0 Å². The Morgan fingerprint density at radius 1 is 0.958 bits per heavy atom. The third-order valence-electron chi connectivity index (χ3n) is 2.97. The zero-order valence-corrected chi connectivity index (χ0v) is 13.9. The summed E-state index contributed by atoms with van der Waals surface area (Å²) in [5, 5.41) is 2.62. The summed E-state index contributed by atoms with van der Waals surface area (Å²) in [7, 11) is 0. The molecule has 2 rings (SSSR count). The van der Waals surface area contributed by atoms with Gasteiger partial charge in [0.15, 0.2) is 6.61 Å². The van der Waals surface area contributed by atoms with Crippen LogP contribution in [0.2, 0.25) is 10.0 Å². The number of halogens is 2. The molecule has 0 heterocycles. The average Bonchev–Trinajstić information content (AvgIpc) is 2.55. The number of ether oxygens (including phenoxy) is 1. The Hall–Kier alpha value is -2.37. The molecule has 0 radical (unpaired) electrons. The van der Waals surface area contributed by atoms with Crippen LogP contribution in [0.1, 0.15) is 15.9 Å². The molecule has 2 aromatic carbocycles. The van der Waals surface area contributed by atoms with E-state index < -0.39 is 24.4 Å². The summed E-state index contributed by atoms with van der Waals surface area (Å²) in [5.41, 5.74) is 0.818. The lowest BCUT2D eigenvalue weighted by molar-refractivity contribution is -0.132. The molecule has 2 amide bonds. The molecule has 0 bridgehead atoms. The number of nitrogens with one attached hydrogen (secondary N) is 1. The van der Waals surface area contributed by atoms with Crippen LogP contribution in [0.25, 0.3) is 0 Å². The quantitative estimate of drug-likeness (QED) is 0.826. The molecular formula is C17H13Cl2NO4. The molecule has 0 aliphatic carbocycles. The average molecular weight is 366 g/mol. The highest BCUT2D eigenvalue weighted by Crippen LogP contribution is 2.21. The van der Waals surface area contributed by atoms with Crippen molar-refractivity contribution in [1.29, 1.82) is 0 Å². The molecular weight excluding hydrogens is 353 g/mol. The van der Waals surface area contributed by atoms with E-state index in [0.717, 1.165) is 5.56 Å². The lowest BCUT2D eigenvalue weighted by Gasteiger charge is -2.07. The number of carbonyl (C=O) groups is 3. The molecule has 0 aromatic heterocycles. The van der Waals surface area contributed by atoms with E-state index in [1.807, 2.05) is 6.07 Å². The molecule has 0 unspecified atom stereocenters. The Balaban J connectivity index is 1.83. The monoisotopic (exact) mass is 365 g/mol. The topological polar surface area (TPSA) is 72.5 Å². The lowest BCUT2D eigenvalue weighted by Crippen LogP contribution is -2.35. The van der Waals surface area contributed by atoms with Gasteiger partial charge in [-0.1, -0.05) is 53.5 Å². The fourth-order valence-electron chi connectivity index (χ4n) is 1.88. The van der Waals surface area contributed by atoms with Gasteiger partial charge in [0.25, 0.3) is 5.91 Å². The van der Waals surface area contributed by atoms with Crippen LogP contribution in [-0.4, -0.2) is 24.4 Å². The Kier molecular flexibility index (Phi) is 6.35. The highest BCUT2D eigenvalue weighted by molar-refractivity contribution is 6.35. The Morgan fingerprint density at radius 2 is 1.67 bits per heavy atom. The normalized spacial score (nSPS) is 10.1. The first-order valence-corrected chi connectivity index (χ1v) is 7.70. The second-order valence-corrected chi connectivity index (χ2v) is 5.68. The molecule has 0 aliphatic rings. The van der Waals surface area contributed by atoms with Crippen LogP contribution in [-0.2, 0) is 20.7 Å². The number of benzene rings is 2. The van der Waals surface area contributed by atoms with Crippen LogP contribution in [0, 0.1) is 0 Å². The molecule has 0 aliphatic heterocycles. The number of rotatable bonds is 5. The Morgan fingerprint density at radius 3 is 2.38 bits per heavy atom. The minimum Gasteiger partial charge on any atom is -0.452 e. The van der Waals surface area contributed by atoms with Crippen molar-refractivity contribution >= 4 is 41.0 Å². The standard InChI is InChI=1S/C17H13Cl2NO4/c18-12-6-7-14(19)13(9-12)17(23)24-10-16(22)20-15(21)8-11-4-2-1-3-5-11/h1-7,9H,8,10H2,(H,20,21,22). The van der Waals surface area contributed by atoms with E-state index in [1.54, 1.807) is 24.3 Å². The third kappa shape index (κ3) is 5.37. The van der Waals surface area contributed by atoms with Crippen LogP contribution in [0.3, 0.4) is 0 Å². The fraction of sp³-hybridized carbons (Fsp3) is 0.118. The molecule has 0 atom stereocenters. The molecule has 0 fully saturated rings. The van der Waals surface area contributed by atoms with Gasteiger partial charge in [-0.2, -0.15) is 0 Å². The molecule has 2 aromatic rings. The number of hydrogen-bond donors (Lipinski definition) is 1. The summed E-state index contributed by atoms with van der Waals surface area (Å²) in [4.78, 5) is 35.3. The number of imide groups is 1. The van der Waals surface area contributed by atoms with Crippen molar-refractivity contribution in [3.05, 3.63) is 69.7 Å². The maximum Gasteiger partial charge on any atom is 0.340 e. The van der Waals surface area contributed by atoms with Crippen molar-refractivity contribution in [2.24, 2.45) is 0 Å². The second kappa shape index (κ2) is 8.47. The minimum atomic E-state index is -0.798. The Labute approximate surface area is 148 Å². The summed E-state index contributed by atoms with van der Waals surface area (Å²) in [6.45, 7) is -0.595. The van der Waals surface area contributed by atoms with Gasteiger partial charge in [0.05, 0.1) is 17.0 Å². The van der Waals surface area contributed by atoms with Crippen molar-refractivity contribution in [2.45, 2.75) is 6.42 Å². The van der Waals surface area contributed by atoms with Crippen molar-refractivity contribution in [3.8, 4) is 0 Å². The van der Waals surface area contributed by atoms with Crippen molar-refractivity contribution in [3.63, 3.8) is 0 Å². The van der Waals surface area contributed by atoms with Gasteiger partial charge in [-0.3, -0.25) is 14.9 Å². The lowest BCUT2D eigenvalue weighted by atomic mass is 10.1. The van der Waals surface area contributed by atoms with E-state index in [4.69, 9.17) is 27.9 Å². The first-order valence-electron chi connectivity index (χ1n) is 6.94. The van der Waals surface area contributed by atoms with E-state index in [9.17, 15) is 14.4 Å². The first-order chi connectivity index (χ1) is 11.5. The van der Waals surface area contributed by atoms with Gasteiger partial charge in [-0.15, -0.1) is 0 Å². The van der Waals surface area contributed by atoms with Gasteiger partial charge in [0.1, 0.15) is 0 Å². The van der Waals surface area contributed by atoms with E-state index >= 15 is 0 Å². The molecule has 0 saturated heterocycles. The van der Waals surface area contributed by atoms with Crippen LogP contribution in [0.5, 0.6) is 0 Å². The summed E-state index contributed by atoms with van der Waals surface area (Å²) in [6, 6.07) is 13.3. The van der Waals surface area contributed by atoms with Crippen LogP contribution in [0.15, 0.2) is 48.5 Å². The SMILES string of the molecule is O=C(COC(=O)c1cc(Cl)ccc1Cl)NC(=O)Cc1ccccc1. The van der Waals surface area contributed by atoms with E-state index in [1.165, 1.54) is 18.2 Å². The molecule has 7 heteroatoms. The van der Waals surface area contributed by atoms with Crippen molar-refractivity contribution in [1.82, 2.24) is 5.32 Å². The molecule has 0 spiro atoms. The minimum absolute atomic E-state index is 0.0487. The van der Waals surface area contributed by atoms with Crippen LogP contribution >= 0.6 is 23.2 Å². The zero-order valence-electron chi connectivity index (χ0n) is 12.4. The number of amides is 2. The summed E-state index contributed by atoms with van der Waals surface area (Å²) in [6.07, 6.45) is 0.0562. The van der Waals surface area contributed by atoms with Crippen LogP contribution in [0.4, 0.5) is 0 Å². The largest absolute Gasteiger partial charge is 0.452 e. The maximum atomic E-state index is 11.9. The fourth-order valence-corrected chi connectivity index (χ4v) is 2.25. The van der Waals surface area contributed by atoms with Gasteiger partial charge < -0.3 is 4.74 Å². The number of esters is 1. The zero-order chi connectivity index (χ0) is 17.5. The van der Waals surface area contributed by atoms with Gasteiger partial charge in [-0.25, -0.2) is 4.79 Å². The maximum absolute atomic E-state index is 11.9. The van der Waals surface area contributed by atoms with Gasteiger partial charge >= 0.3 is 5.97 Å². The predicted octanol–water partition coefficient (Wildman–Crippen LogP) is 3.04. The molecule has 124 valence electrons. The highest BCUT2D eigenvalue weighted by Gasteiger charge is 2.15. The van der Waals surface area contributed by atoms with Gasteiger partial charge in [0, 0.05) is 5.02 Å². The Bertz CT molecular complexity index is 762. The molecule has 5 nitrogen and oxygen atoms in total. The van der Waals surface area contributed by atoms with Gasteiger partial charge in [0.2, 0.25) is 5.91 Å². The van der Waals surface area contributed by atoms with E-state index in [2.05, 4.69) is 5.32 Å². The molecule has 0 saturated carbocycles. The third-order valence-corrected chi connectivity index (χ3v) is 3.53. The summed E-state index contributed by atoms with van der Waals surface area (Å²) >= 11 is 11.6. The first kappa shape index (κ1) is 18.0.